The minimum atomic E-state index is -0.200. The normalized spacial score (nSPS) is 23.1. The summed E-state index contributed by atoms with van der Waals surface area (Å²) in [5.41, 5.74) is 0. The number of hydrogen-bond acceptors (Lipinski definition) is 3. The summed E-state index contributed by atoms with van der Waals surface area (Å²) in [7, 11) is 3.73. The molecule has 0 radical (unpaired) electrons. The number of aliphatic imine (C=N–C) groups is 1. The summed E-state index contributed by atoms with van der Waals surface area (Å²) >= 11 is 0. The molecule has 0 aliphatic carbocycles. The van der Waals surface area contributed by atoms with E-state index >= 15 is 0 Å². The lowest BCUT2D eigenvalue weighted by Crippen LogP contribution is -2.50. The first kappa shape index (κ1) is 12.0. The third kappa shape index (κ3) is 2.28. The molecule has 1 aliphatic rings. The fourth-order valence-corrected chi connectivity index (χ4v) is 1.54. The highest BCUT2D eigenvalue weighted by Gasteiger charge is 2.38. The van der Waals surface area contributed by atoms with Crippen molar-refractivity contribution in [2.75, 3.05) is 14.1 Å². The Kier molecular flexibility index (Phi) is 3.04. The summed E-state index contributed by atoms with van der Waals surface area (Å²) < 4.78 is 0.190. The second-order valence-electron chi connectivity index (χ2n) is 4.76. The van der Waals surface area contributed by atoms with Crippen molar-refractivity contribution in [2.24, 2.45) is 10.1 Å². The van der Waals surface area contributed by atoms with Gasteiger partial charge in [-0.3, -0.25) is 4.90 Å². The summed E-state index contributed by atoms with van der Waals surface area (Å²) in [6, 6.07) is 0.0628. The maximum absolute atomic E-state index is 11.7. The standard InChI is InChI=1S/C10H20N4O/c1-7(2)11-9-13(8(3)4)10(15)12-14(9,5)6/h7-8H,1-6H3. The molecule has 1 heterocycles. The Hall–Kier alpha value is -1.10. The summed E-state index contributed by atoms with van der Waals surface area (Å²) in [5.74, 6) is 0.727. The molecule has 86 valence electrons. The number of rotatable bonds is 2. The van der Waals surface area contributed by atoms with Gasteiger partial charge in [-0.25, -0.2) is 4.99 Å². The molecular weight excluding hydrogens is 192 g/mol. The van der Waals surface area contributed by atoms with Crippen molar-refractivity contribution in [1.29, 1.82) is 0 Å². The Morgan fingerprint density at radius 2 is 1.80 bits per heavy atom. The van der Waals surface area contributed by atoms with Crippen LogP contribution in [0.2, 0.25) is 0 Å². The second kappa shape index (κ2) is 3.81. The Bertz CT molecular complexity index is 305. The summed E-state index contributed by atoms with van der Waals surface area (Å²) in [4.78, 5) is 6.14. The molecule has 0 amide bonds. The molecule has 0 spiro atoms. The molecule has 0 bridgehead atoms. The predicted molar refractivity (Wildman–Crippen MR) is 59.1 cm³/mol. The first-order chi connectivity index (χ1) is 6.75. The molecule has 0 atom stereocenters. The first-order valence-electron chi connectivity index (χ1n) is 5.24. The van der Waals surface area contributed by atoms with E-state index in [1.807, 2.05) is 41.8 Å². The zero-order chi connectivity index (χ0) is 11.8. The van der Waals surface area contributed by atoms with Crippen LogP contribution in [-0.4, -0.2) is 47.7 Å². The molecule has 5 nitrogen and oxygen atoms in total. The monoisotopic (exact) mass is 212 g/mol. The zero-order valence-electron chi connectivity index (χ0n) is 10.4. The van der Waals surface area contributed by atoms with E-state index in [9.17, 15) is 5.11 Å². The Morgan fingerprint density at radius 3 is 2.20 bits per heavy atom. The van der Waals surface area contributed by atoms with Crippen LogP contribution in [0.4, 0.5) is 0 Å². The highest BCUT2D eigenvalue weighted by atomic mass is 16.3. The van der Waals surface area contributed by atoms with Crippen molar-refractivity contribution in [3.05, 3.63) is 0 Å². The van der Waals surface area contributed by atoms with E-state index in [-0.39, 0.29) is 22.7 Å². The van der Waals surface area contributed by atoms with Gasteiger partial charge in [-0.05, 0) is 27.7 Å². The number of hydrogen-bond donors (Lipinski definition) is 0. The lowest BCUT2D eigenvalue weighted by atomic mass is 10.3. The molecule has 5 heteroatoms. The van der Waals surface area contributed by atoms with Crippen LogP contribution in [0.25, 0.3) is 0 Å². The number of quaternary nitrogens is 1. The average Bonchev–Trinajstić information content (AvgIpc) is 2.20. The largest absolute Gasteiger partial charge is 0.842 e. The average molecular weight is 212 g/mol. The molecular formula is C10H20N4O. The van der Waals surface area contributed by atoms with Gasteiger partial charge < -0.3 is 5.11 Å². The van der Waals surface area contributed by atoms with Crippen molar-refractivity contribution in [2.45, 2.75) is 39.8 Å². The maximum atomic E-state index is 11.7. The van der Waals surface area contributed by atoms with Crippen molar-refractivity contribution in [3.63, 3.8) is 0 Å². The van der Waals surface area contributed by atoms with Crippen molar-refractivity contribution in [1.82, 2.24) is 4.90 Å². The molecule has 15 heavy (non-hydrogen) atoms. The third-order valence-electron chi connectivity index (χ3n) is 2.14. The molecule has 1 aliphatic heterocycles. The van der Waals surface area contributed by atoms with Gasteiger partial charge in [0, 0.05) is 6.04 Å². The second-order valence-corrected chi connectivity index (χ2v) is 4.76. The van der Waals surface area contributed by atoms with Crippen LogP contribution in [0.5, 0.6) is 0 Å². The molecule has 0 N–H and O–H groups in total. The van der Waals surface area contributed by atoms with E-state index in [1.54, 1.807) is 4.90 Å². The van der Waals surface area contributed by atoms with Gasteiger partial charge in [0.15, 0.2) is 0 Å². The molecule has 0 aromatic rings. The van der Waals surface area contributed by atoms with E-state index < -0.39 is 0 Å². The summed E-state index contributed by atoms with van der Waals surface area (Å²) in [6.07, 6.45) is 0. The first-order valence-corrected chi connectivity index (χ1v) is 5.24. The molecule has 0 saturated carbocycles. The molecule has 0 fully saturated rings. The van der Waals surface area contributed by atoms with Crippen LogP contribution in [0, 0.1) is 0 Å². The predicted octanol–water partition coefficient (Wildman–Crippen LogP) is 0.183. The molecule has 0 unspecified atom stereocenters. The van der Waals surface area contributed by atoms with Gasteiger partial charge >= 0.3 is 5.96 Å². The van der Waals surface area contributed by atoms with Gasteiger partial charge in [-0.2, -0.15) is 0 Å². The third-order valence-corrected chi connectivity index (χ3v) is 2.14. The SMILES string of the molecule is CC(C)N=C1N(C(C)C)C([O-])=N[N+]1(C)C. The van der Waals surface area contributed by atoms with Crippen LogP contribution in [0.1, 0.15) is 27.7 Å². The number of guanidine groups is 1. The van der Waals surface area contributed by atoms with Gasteiger partial charge in [0.2, 0.25) is 0 Å². The highest BCUT2D eigenvalue weighted by Crippen LogP contribution is 2.18. The molecule has 0 saturated heterocycles. The van der Waals surface area contributed by atoms with Gasteiger partial charge in [0.1, 0.15) is 20.1 Å². The maximum Gasteiger partial charge on any atom is 0.332 e. The van der Waals surface area contributed by atoms with E-state index in [1.165, 1.54) is 0 Å². The zero-order valence-corrected chi connectivity index (χ0v) is 10.4. The summed E-state index contributed by atoms with van der Waals surface area (Å²) in [6.45, 7) is 7.92. The Labute approximate surface area is 91.3 Å². The van der Waals surface area contributed by atoms with Crippen LogP contribution in [0.15, 0.2) is 10.1 Å². The van der Waals surface area contributed by atoms with Crippen LogP contribution < -0.4 is 5.11 Å². The van der Waals surface area contributed by atoms with Crippen LogP contribution in [-0.2, 0) is 0 Å². The van der Waals surface area contributed by atoms with Crippen molar-refractivity contribution < 1.29 is 9.70 Å². The Balaban J connectivity index is 3.12. The quantitative estimate of drug-likeness (QED) is 0.613. The van der Waals surface area contributed by atoms with Gasteiger partial charge in [0.05, 0.1) is 6.04 Å². The summed E-state index contributed by atoms with van der Waals surface area (Å²) in [5, 5.41) is 15.7. The minimum absolute atomic E-state index is 0.0960. The van der Waals surface area contributed by atoms with E-state index in [4.69, 9.17) is 0 Å². The fourth-order valence-electron chi connectivity index (χ4n) is 1.54. The van der Waals surface area contributed by atoms with E-state index in [0.717, 1.165) is 5.96 Å². The molecule has 0 aromatic heterocycles. The number of nitrogens with zero attached hydrogens (tertiary/aromatic N) is 4. The van der Waals surface area contributed by atoms with Crippen LogP contribution in [0.3, 0.4) is 0 Å². The molecule has 1 rings (SSSR count). The van der Waals surface area contributed by atoms with Gasteiger partial charge in [-0.15, -0.1) is 4.59 Å². The lowest BCUT2D eigenvalue weighted by molar-refractivity contribution is -0.806. The van der Waals surface area contributed by atoms with Crippen LogP contribution >= 0.6 is 0 Å². The molecule has 0 aromatic carbocycles. The van der Waals surface area contributed by atoms with Crippen molar-refractivity contribution in [3.8, 4) is 0 Å². The van der Waals surface area contributed by atoms with Crippen molar-refractivity contribution >= 4 is 12.0 Å². The highest BCUT2D eigenvalue weighted by molar-refractivity contribution is 5.94. The number of amidine groups is 1. The minimum Gasteiger partial charge on any atom is -0.842 e. The van der Waals surface area contributed by atoms with E-state index in [0.29, 0.717) is 0 Å². The van der Waals surface area contributed by atoms with E-state index in [2.05, 4.69) is 10.1 Å². The smallest absolute Gasteiger partial charge is 0.332 e. The topological polar surface area (TPSA) is 51.0 Å². The lowest BCUT2D eigenvalue weighted by Gasteiger charge is -2.27. The Morgan fingerprint density at radius 1 is 1.27 bits per heavy atom. The fraction of sp³-hybridized carbons (Fsp3) is 0.800. The van der Waals surface area contributed by atoms with Gasteiger partial charge in [-0.1, -0.05) is 5.10 Å². The van der Waals surface area contributed by atoms with Gasteiger partial charge in [0.25, 0.3) is 0 Å².